The number of aryl methyl sites for hydroxylation is 1. The molecule has 0 spiro atoms. The molecule has 0 aliphatic heterocycles. The molecule has 1 heterocycles. The number of amides is 1. The molecule has 2 aromatic carbocycles. The number of carbonyl (C=O) groups excluding carboxylic acids is 1. The van der Waals surface area contributed by atoms with E-state index in [2.05, 4.69) is 10.5 Å². The highest BCUT2D eigenvalue weighted by atomic mass is 35.5. The molecule has 28 heavy (non-hydrogen) atoms. The summed E-state index contributed by atoms with van der Waals surface area (Å²) in [5.41, 5.74) is 6.30. The minimum absolute atomic E-state index is 0.0389. The predicted molar refractivity (Wildman–Crippen MR) is 109 cm³/mol. The van der Waals surface area contributed by atoms with Crippen LogP contribution in [0, 0.1) is 13.8 Å². The molecule has 6 nitrogen and oxygen atoms in total. The van der Waals surface area contributed by atoms with Gasteiger partial charge in [-0.3, -0.25) is 4.79 Å². The van der Waals surface area contributed by atoms with Gasteiger partial charge in [-0.1, -0.05) is 29.8 Å². The van der Waals surface area contributed by atoms with Crippen molar-refractivity contribution in [1.82, 2.24) is 9.99 Å². The Morgan fingerprint density at radius 1 is 1.11 bits per heavy atom. The van der Waals surface area contributed by atoms with Crippen LogP contribution < -0.4 is 5.43 Å². The lowest BCUT2D eigenvalue weighted by Gasteiger charge is -2.11. The van der Waals surface area contributed by atoms with Crippen LogP contribution in [-0.4, -0.2) is 27.8 Å². The number of nitrogens with zero attached hydrogens (tertiary/aromatic N) is 2. The number of hydrazone groups is 1. The van der Waals surface area contributed by atoms with E-state index in [1.165, 1.54) is 6.07 Å². The average Bonchev–Trinajstić information content (AvgIpc) is 2.96. The summed E-state index contributed by atoms with van der Waals surface area (Å²) in [6, 6.07) is 15.6. The fourth-order valence-electron chi connectivity index (χ4n) is 2.95. The SMILES string of the molecule is Cc1cc(/C=N/NC(=O)c2ccccc2)c(C)n1-c1ccc(Cl)c(C(=O)O)c1. The van der Waals surface area contributed by atoms with Crippen molar-refractivity contribution in [2.75, 3.05) is 0 Å². The Morgan fingerprint density at radius 3 is 2.50 bits per heavy atom. The van der Waals surface area contributed by atoms with Gasteiger partial charge in [0.2, 0.25) is 0 Å². The highest BCUT2D eigenvalue weighted by Crippen LogP contribution is 2.24. The number of aromatic nitrogens is 1. The Morgan fingerprint density at radius 2 is 1.82 bits per heavy atom. The van der Waals surface area contributed by atoms with Crippen LogP contribution >= 0.6 is 11.6 Å². The first-order chi connectivity index (χ1) is 13.4. The molecule has 0 atom stereocenters. The molecule has 1 amide bonds. The number of aromatic carboxylic acids is 1. The Hall–Kier alpha value is -3.38. The van der Waals surface area contributed by atoms with Crippen LogP contribution in [-0.2, 0) is 0 Å². The fraction of sp³-hybridized carbons (Fsp3) is 0.0952. The maximum absolute atomic E-state index is 12.0. The number of hydrogen-bond donors (Lipinski definition) is 2. The van der Waals surface area contributed by atoms with Gasteiger partial charge in [0, 0.05) is 28.2 Å². The first kappa shape index (κ1) is 19.4. The van der Waals surface area contributed by atoms with E-state index in [9.17, 15) is 14.7 Å². The minimum Gasteiger partial charge on any atom is -0.478 e. The van der Waals surface area contributed by atoms with Crippen molar-refractivity contribution in [3.63, 3.8) is 0 Å². The quantitative estimate of drug-likeness (QED) is 0.501. The molecule has 7 heteroatoms. The van der Waals surface area contributed by atoms with Gasteiger partial charge in [-0.05, 0) is 50.2 Å². The molecule has 0 saturated heterocycles. The van der Waals surface area contributed by atoms with Crippen molar-refractivity contribution in [3.8, 4) is 5.69 Å². The normalized spacial score (nSPS) is 11.0. The van der Waals surface area contributed by atoms with Crippen molar-refractivity contribution in [1.29, 1.82) is 0 Å². The molecular weight excluding hydrogens is 378 g/mol. The van der Waals surface area contributed by atoms with Gasteiger partial charge in [-0.15, -0.1) is 0 Å². The summed E-state index contributed by atoms with van der Waals surface area (Å²) in [6.45, 7) is 3.80. The number of carbonyl (C=O) groups is 2. The maximum Gasteiger partial charge on any atom is 0.337 e. The summed E-state index contributed by atoms with van der Waals surface area (Å²) in [4.78, 5) is 23.4. The van der Waals surface area contributed by atoms with Crippen molar-refractivity contribution >= 4 is 29.7 Å². The lowest BCUT2D eigenvalue weighted by molar-refractivity contribution is 0.0696. The molecule has 0 bridgehead atoms. The summed E-state index contributed by atoms with van der Waals surface area (Å²) in [7, 11) is 0. The van der Waals surface area contributed by atoms with Gasteiger partial charge >= 0.3 is 5.97 Å². The van der Waals surface area contributed by atoms with E-state index in [-0.39, 0.29) is 16.5 Å². The number of nitrogens with one attached hydrogen (secondary N) is 1. The van der Waals surface area contributed by atoms with Crippen LogP contribution in [0.3, 0.4) is 0 Å². The third-order valence-electron chi connectivity index (χ3n) is 4.31. The van der Waals surface area contributed by atoms with Crippen LogP contribution in [0.25, 0.3) is 5.69 Å². The van der Waals surface area contributed by atoms with Crippen LogP contribution in [0.15, 0.2) is 59.7 Å². The second kappa shape index (κ2) is 8.10. The molecule has 1 aromatic heterocycles. The zero-order valence-corrected chi connectivity index (χ0v) is 16.1. The van der Waals surface area contributed by atoms with Crippen molar-refractivity contribution in [3.05, 3.63) is 87.7 Å². The molecule has 0 saturated carbocycles. The lowest BCUT2D eigenvalue weighted by atomic mass is 10.2. The Kier molecular flexibility index (Phi) is 5.61. The number of hydrogen-bond acceptors (Lipinski definition) is 3. The smallest absolute Gasteiger partial charge is 0.337 e. The highest BCUT2D eigenvalue weighted by Gasteiger charge is 2.14. The summed E-state index contributed by atoms with van der Waals surface area (Å²) >= 11 is 5.96. The Balaban J connectivity index is 1.85. The summed E-state index contributed by atoms with van der Waals surface area (Å²) < 4.78 is 1.91. The van der Waals surface area contributed by atoms with Crippen molar-refractivity contribution < 1.29 is 14.7 Å². The van der Waals surface area contributed by atoms with Gasteiger partial charge in [-0.25, -0.2) is 10.2 Å². The van der Waals surface area contributed by atoms with Crippen LogP contribution in [0.2, 0.25) is 5.02 Å². The summed E-state index contributed by atoms with van der Waals surface area (Å²) in [5, 5.41) is 13.5. The second-order valence-corrected chi connectivity index (χ2v) is 6.60. The van der Waals surface area contributed by atoms with Crippen LogP contribution in [0.4, 0.5) is 0 Å². The van der Waals surface area contributed by atoms with Gasteiger partial charge in [0.25, 0.3) is 5.91 Å². The van der Waals surface area contributed by atoms with E-state index >= 15 is 0 Å². The van der Waals surface area contributed by atoms with Gasteiger partial charge < -0.3 is 9.67 Å². The highest BCUT2D eigenvalue weighted by molar-refractivity contribution is 6.33. The van der Waals surface area contributed by atoms with E-state index in [1.807, 2.05) is 30.5 Å². The standard InChI is InChI=1S/C21H18ClN3O3/c1-13-10-16(12-23-24-20(26)15-6-4-3-5-7-15)14(2)25(13)17-8-9-19(22)18(11-17)21(27)28/h3-12H,1-2H3,(H,24,26)(H,27,28)/b23-12+. The van der Waals surface area contributed by atoms with E-state index < -0.39 is 5.97 Å². The monoisotopic (exact) mass is 395 g/mol. The summed E-state index contributed by atoms with van der Waals surface area (Å²) in [6.07, 6.45) is 1.56. The Bertz CT molecular complexity index is 1070. The molecule has 3 aromatic rings. The largest absolute Gasteiger partial charge is 0.478 e. The molecule has 0 unspecified atom stereocenters. The fourth-order valence-corrected chi connectivity index (χ4v) is 3.14. The molecule has 0 aliphatic rings. The predicted octanol–water partition coefficient (Wildman–Crippen LogP) is 4.21. The zero-order chi connectivity index (χ0) is 20.3. The number of carboxylic acids is 1. The summed E-state index contributed by atoms with van der Waals surface area (Å²) in [5.74, 6) is -1.38. The first-order valence-electron chi connectivity index (χ1n) is 8.49. The van der Waals surface area contributed by atoms with Gasteiger partial charge in [-0.2, -0.15) is 5.10 Å². The number of benzene rings is 2. The van der Waals surface area contributed by atoms with E-state index in [0.717, 1.165) is 17.0 Å². The van der Waals surface area contributed by atoms with E-state index in [1.54, 1.807) is 42.6 Å². The maximum atomic E-state index is 12.0. The molecule has 0 aliphatic carbocycles. The minimum atomic E-state index is -1.08. The average molecular weight is 396 g/mol. The first-order valence-corrected chi connectivity index (χ1v) is 8.87. The Labute approximate surface area is 167 Å². The molecule has 2 N–H and O–H groups in total. The molecule has 3 rings (SSSR count). The van der Waals surface area contributed by atoms with E-state index in [0.29, 0.717) is 11.3 Å². The second-order valence-electron chi connectivity index (χ2n) is 6.20. The number of rotatable bonds is 5. The zero-order valence-electron chi connectivity index (χ0n) is 15.3. The van der Waals surface area contributed by atoms with Crippen LogP contribution in [0.5, 0.6) is 0 Å². The van der Waals surface area contributed by atoms with Gasteiger partial charge in [0.1, 0.15) is 0 Å². The van der Waals surface area contributed by atoms with Crippen LogP contribution in [0.1, 0.15) is 37.7 Å². The van der Waals surface area contributed by atoms with Gasteiger partial charge in [0.05, 0.1) is 16.8 Å². The van der Waals surface area contributed by atoms with E-state index in [4.69, 9.17) is 11.6 Å². The number of halogens is 1. The molecule has 0 radical (unpaired) electrons. The third-order valence-corrected chi connectivity index (χ3v) is 4.64. The molecule has 0 fully saturated rings. The lowest BCUT2D eigenvalue weighted by Crippen LogP contribution is -2.17. The third kappa shape index (κ3) is 3.97. The molecular formula is C21H18ClN3O3. The topological polar surface area (TPSA) is 83.7 Å². The molecule has 142 valence electrons. The van der Waals surface area contributed by atoms with Gasteiger partial charge in [0.15, 0.2) is 0 Å². The number of carboxylic acid groups (broad SMARTS) is 1. The van der Waals surface area contributed by atoms with Crippen molar-refractivity contribution in [2.24, 2.45) is 5.10 Å². The van der Waals surface area contributed by atoms with Crippen molar-refractivity contribution in [2.45, 2.75) is 13.8 Å².